The van der Waals surface area contributed by atoms with Crippen LogP contribution in [0.1, 0.15) is 25.7 Å². The van der Waals surface area contributed by atoms with Crippen LogP contribution < -0.4 is 15.5 Å². The van der Waals surface area contributed by atoms with Gasteiger partial charge in [-0.05, 0) is 44.5 Å². The molecule has 1 aliphatic carbocycles. The number of hydrogen-bond donors (Lipinski definition) is 2. The summed E-state index contributed by atoms with van der Waals surface area (Å²) in [5.74, 6) is 0.141. The first-order chi connectivity index (χ1) is 14.2. The molecule has 1 aromatic rings. The summed E-state index contributed by atoms with van der Waals surface area (Å²) in [4.78, 5) is 3.51. The summed E-state index contributed by atoms with van der Waals surface area (Å²) < 4.78 is 25.7. The van der Waals surface area contributed by atoms with Crippen molar-refractivity contribution < 1.29 is 13.9 Å². The zero-order valence-corrected chi connectivity index (χ0v) is 16.6. The van der Waals surface area contributed by atoms with Gasteiger partial charge in [-0.3, -0.25) is 10.4 Å². The van der Waals surface area contributed by atoms with E-state index in [0.29, 0.717) is 24.7 Å². The lowest BCUT2D eigenvalue weighted by molar-refractivity contribution is 0.0388. The van der Waals surface area contributed by atoms with Gasteiger partial charge in [-0.15, -0.1) is 6.58 Å². The maximum absolute atomic E-state index is 14.5. The quantitative estimate of drug-likeness (QED) is 0.247. The van der Waals surface area contributed by atoms with Gasteiger partial charge in [0.2, 0.25) is 0 Å². The largest absolute Gasteiger partial charge is 0.489 e. The van der Waals surface area contributed by atoms with Gasteiger partial charge < -0.3 is 14.8 Å². The Morgan fingerprint density at radius 3 is 2.83 bits per heavy atom. The molecule has 2 unspecified atom stereocenters. The maximum atomic E-state index is 14.5. The number of anilines is 1. The van der Waals surface area contributed by atoms with Crippen molar-refractivity contribution in [2.75, 3.05) is 18.6 Å². The Bertz CT molecular complexity index is 748. The van der Waals surface area contributed by atoms with E-state index >= 15 is 0 Å². The molecule has 0 spiro atoms. The third kappa shape index (κ3) is 7.91. The Kier molecular flexibility index (Phi) is 9.65. The molecule has 156 valence electrons. The van der Waals surface area contributed by atoms with Crippen LogP contribution in [0.3, 0.4) is 0 Å². The number of benzene rings is 1. The highest BCUT2D eigenvalue weighted by Gasteiger charge is 2.24. The SMILES string of the molecule is C=CCOc1cccc(N/N=C(NC2CCCC(OCC=C)C2)\C(F)=C/N=C)c1. The van der Waals surface area contributed by atoms with E-state index in [4.69, 9.17) is 9.47 Å². The van der Waals surface area contributed by atoms with E-state index in [1.807, 2.05) is 18.2 Å². The minimum absolute atomic E-state index is 0.0466. The van der Waals surface area contributed by atoms with E-state index < -0.39 is 5.83 Å². The second kappa shape index (κ2) is 12.5. The minimum atomic E-state index is -0.597. The molecule has 0 radical (unpaired) electrons. The molecule has 7 heteroatoms. The first-order valence-corrected chi connectivity index (χ1v) is 9.64. The van der Waals surface area contributed by atoms with Crippen LogP contribution >= 0.6 is 0 Å². The fourth-order valence-electron chi connectivity index (χ4n) is 3.05. The smallest absolute Gasteiger partial charge is 0.185 e. The number of rotatable bonds is 11. The van der Waals surface area contributed by atoms with Crippen molar-refractivity contribution in [3.05, 3.63) is 61.6 Å². The van der Waals surface area contributed by atoms with Gasteiger partial charge >= 0.3 is 0 Å². The number of nitrogens with one attached hydrogen (secondary N) is 2. The number of nitrogens with zero attached hydrogens (tertiary/aromatic N) is 2. The van der Waals surface area contributed by atoms with Crippen molar-refractivity contribution in [3.8, 4) is 5.75 Å². The number of hydrazone groups is 1. The van der Waals surface area contributed by atoms with Crippen LogP contribution in [0.2, 0.25) is 0 Å². The predicted octanol–water partition coefficient (Wildman–Crippen LogP) is 4.59. The average Bonchev–Trinajstić information content (AvgIpc) is 2.74. The van der Waals surface area contributed by atoms with Gasteiger partial charge in [-0.2, -0.15) is 5.10 Å². The molecular formula is C22H29FN4O2. The molecule has 1 aliphatic rings. The summed E-state index contributed by atoms with van der Waals surface area (Å²) in [7, 11) is 0. The summed E-state index contributed by atoms with van der Waals surface area (Å²) in [5.41, 5.74) is 3.54. The van der Waals surface area contributed by atoms with E-state index in [-0.39, 0.29) is 18.0 Å². The van der Waals surface area contributed by atoms with Crippen molar-refractivity contribution in [1.29, 1.82) is 0 Å². The first kappa shape index (κ1) is 22.4. The zero-order chi connectivity index (χ0) is 20.9. The first-order valence-electron chi connectivity index (χ1n) is 9.64. The Labute approximate surface area is 171 Å². The molecule has 6 nitrogen and oxygen atoms in total. The number of aliphatic imine (C=N–C) groups is 1. The van der Waals surface area contributed by atoms with E-state index in [1.54, 1.807) is 18.2 Å². The van der Waals surface area contributed by atoms with Gasteiger partial charge in [-0.1, -0.05) is 24.8 Å². The van der Waals surface area contributed by atoms with E-state index in [1.165, 1.54) is 0 Å². The zero-order valence-electron chi connectivity index (χ0n) is 16.6. The minimum Gasteiger partial charge on any atom is -0.489 e. The summed E-state index contributed by atoms with van der Waals surface area (Å²) in [6, 6.07) is 7.28. The number of hydrogen-bond acceptors (Lipinski definition) is 5. The van der Waals surface area contributed by atoms with Crippen molar-refractivity contribution >= 4 is 18.2 Å². The van der Waals surface area contributed by atoms with Gasteiger partial charge in [0.05, 0.1) is 24.6 Å². The Hall–Kier alpha value is -2.93. The lowest BCUT2D eigenvalue weighted by atomic mass is 9.92. The number of ether oxygens (including phenoxy) is 2. The van der Waals surface area contributed by atoms with Crippen LogP contribution in [0, 0.1) is 0 Å². The molecule has 1 aromatic carbocycles. The average molecular weight is 400 g/mol. The van der Waals surface area contributed by atoms with Crippen molar-refractivity contribution in [3.63, 3.8) is 0 Å². The molecule has 0 saturated heterocycles. The molecule has 0 amide bonds. The topological polar surface area (TPSA) is 67.2 Å². The van der Waals surface area contributed by atoms with Gasteiger partial charge in [0.15, 0.2) is 11.7 Å². The fourth-order valence-corrected chi connectivity index (χ4v) is 3.05. The molecular weight excluding hydrogens is 371 g/mol. The molecule has 2 rings (SSSR count). The van der Waals surface area contributed by atoms with Crippen LogP contribution in [0.5, 0.6) is 5.75 Å². The monoisotopic (exact) mass is 400 g/mol. The lowest BCUT2D eigenvalue weighted by Crippen LogP contribution is -2.41. The van der Waals surface area contributed by atoms with Crippen LogP contribution in [0.25, 0.3) is 0 Å². The molecule has 29 heavy (non-hydrogen) atoms. The van der Waals surface area contributed by atoms with Crippen molar-refractivity contribution in [2.45, 2.75) is 37.8 Å². The fraction of sp³-hybridized carbons (Fsp3) is 0.364. The van der Waals surface area contributed by atoms with Crippen LogP contribution in [0.15, 0.2) is 71.7 Å². The Balaban J connectivity index is 2.07. The molecule has 1 saturated carbocycles. The standard InChI is InChI=1S/C22H29FN4O2/c1-4-12-28-19-10-6-8-17(14-19)25-22(21(23)16-24-3)27-26-18-9-7-11-20(15-18)29-13-5-2/h4-5,7,9,11,15-17,19,26H,1-3,6,8,10,12-14H2,(H,25,27)/b21-16+. The van der Waals surface area contributed by atoms with E-state index in [9.17, 15) is 4.39 Å². The molecule has 0 aromatic heterocycles. The molecule has 0 bridgehead atoms. The van der Waals surface area contributed by atoms with Gasteiger partial charge in [0.25, 0.3) is 0 Å². The molecule has 1 fully saturated rings. The summed E-state index contributed by atoms with van der Waals surface area (Å²) in [6.07, 6.45) is 8.22. The van der Waals surface area contributed by atoms with E-state index in [2.05, 4.69) is 40.7 Å². The highest BCUT2D eigenvalue weighted by molar-refractivity contribution is 5.97. The molecule has 2 N–H and O–H groups in total. The highest BCUT2D eigenvalue weighted by atomic mass is 19.1. The van der Waals surface area contributed by atoms with Crippen molar-refractivity contribution in [2.24, 2.45) is 10.1 Å². The van der Waals surface area contributed by atoms with Crippen LogP contribution in [0.4, 0.5) is 10.1 Å². The normalized spacial score (nSPS) is 19.9. The number of amidine groups is 1. The molecule has 0 aliphatic heterocycles. The van der Waals surface area contributed by atoms with Gasteiger partial charge in [0, 0.05) is 12.1 Å². The van der Waals surface area contributed by atoms with Gasteiger partial charge in [-0.25, -0.2) is 4.39 Å². The highest BCUT2D eigenvalue weighted by Crippen LogP contribution is 2.22. The summed E-state index contributed by atoms with van der Waals surface area (Å²) >= 11 is 0. The lowest BCUT2D eigenvalue weighted by Gasteiger charge is -2.30. The second-order valence-electron chi connectivity index (χ2n) is 6.61. The van der Waals surface area contributed by atoms with Crippen LogP contribution in [-0.2, 0) is 4.74 Å². The Morgan fingerprint density at radius 1 is 1.24 bits per heavy atom. The van der Waals surface area contributed by atoms with E-state index in [0.717, 1.165) is 31.9 Å². The number of halogens is 1. The van der Waals surface area contributed by atoms with Gasteiger partial charge in [0.1, 0.15) is 12.4 Å². The summed E-state index contributed by atoms with van der Waals surface area (Å²) in [6.45, 7) is 11.5. The molecule has 0 heterocycles. The third-order valence-corrected chi connectivity index (χ3v) is 4.35. The Morgan fingerprint density at radius 2 is 2.07 bits per heavy atom. The summed E-state index contributed by atoms with van der Waals surface area (Å²) in [5, 5.41) is 7.38. The van der Waals surface area contributed by atoms with Crippen LogP contribution in [-0.4, -0.2) is 37.9 Å². The maximum Gasteiger partial charge on any atom is 0.185 e. The predicted molar refractivity (Wildman–Crippen MR) is 117 cm³/mol. The third-order valence-electron chi connectivity index (χ3n) is 4.35. The van der Waals surface area contributed by atoms with Crippen molar-refractivity contribution in [1.82, 2.24) is 5.32 Å². The molecule has 2 atom stereocenters. The second-order valence-corrected chi connectivity index (χ2v) is 6.61.